The summed E-state index contributed by atoms with van der Waals surface area (Å²) in [5.74, 6) is 0.518. The number of carbonyl (C=O) groups is 1. The Morgan fingerprint density at radius 3 is 2.72 bits per heavy atom. The van der Waals surface area contributed by atoms with E-state index in [1.54, 1.807) is 30.6 Å². The van der Waals surface area contributed by atoms with Crippen molar-refractivity contribution in [1.82, 2.24) is 15.1 Å². The van der Waals surface area contributed by atoms with Crippen molar-refractivity contribution in [3.8, 4) is 16.3 Å². The maximum atomic E-state index is 12.6. The molecule has 0 spiro atoms. The van der Waals surface area contributed by atoms with Crippen molar-refractivity contribution in [1.29, 1.82) is 0 Å². The van der Waals surface area contributed by atoms with Crippen LogP contribution < -0.4 is 10.1 Å². The molecule has 0 fully saturated rings. The van der Waals surface area contributed by atoms with Crippen molar-refractivity contribution >= 4 is 17.2 Å². The van der Waals surface area contributed by atoms with Gasteiger partial charge in [-0.3, -0.25) is 9.48 Å². The van der Waals surface area contributed by atoms with Crippen LogP contribution in [0.15, 0.2) is 78.3 Å². The first-order valence-corrected chi connectivity index (χ1v) is 10.2. The SMILES string of the molecule is COc1cccc(C(=O)NCc2cn(Cc3ccccc3)nc2-c2cccs2)c1. The predicted molar refractivity (Wildman–Crippen MR) is 115 cm³/mol. The van der Waals surface area contributed by atoms with Crippen LogP contribution in [-0.4, -0.2) is 22.8 Å². The second-order valence-electron chi connectivity index (χ2n) is 6.58. The third-order valence-electron chi connectivity index (χ3n) is 4.55. The van der Waals surface area contributed by atoms with E-state index in [-0.39, 0.29) is 5.91 Å². The summed E-state index contributed by atoms with van der Waals surface area (Å²) in [7, 11) is 1.59. The Morgan fingerprint density at radius 2 is 1.97 bits per heavy atom. The van der Waals surface area contributed by atoms with Gasteiger partial charge in [0.05, 0.1) is 18.5 Å². The summed E-state index contributed by atoms with van der Waals surface area (Å²) >= 11 is 1.64. The lowest BCUT2D eigenvalue weighted by molar-refractivity contribution is 0.0950. The minimum absolute atomic E-state index is 0.142. The summed E-state index contributed by atoms with van der Waals surface area (Å²) in [4.78, 5) is 13.7. The Morgan fingerprint density at radius 1 is 1.10 bits per heavy atom. The number of rotatable bonds is 7. The smallest absolute Gasteiger partial charge is 0.251 e. The normalized spacial score (nSPS) is 10.7. The lowest BCUT2D eigenvalue weighted by Gasteiger charge is -2.06. The standard InChI is InChI=1S/C23H21N3O2S/c1-28-20-10-5-9-18(13-20)23(27)24-14-19-16-26(15-17-7-3-2-4-8-17)25-22(19)21-11-6-12-29-21/h2-13,16H,14-15H2,1H3,(H,24,27). The van der Waals surface area contributed by atoms with E-state index < -0.39 is 0 Å². The highest BCUT2D eigenvalue weighted by Gasteiger charge is 2.14. The number of amides is 1. The number of benzene rings is 2. The lowest BCUT2D eigenvalue weighted by atomic mass is 10.2. The van der Waals surface area contributed by atoms with Crippen LogP contribution in [0, 0.1) is 0 Å². The number of hydrogen-bond donors (Lipinski definition) is 1. The van der Waals surface area contributed by atoms with Crippen LogP contribution in [-0.2, 0) is 13.1 Å². The molecule has 4 aromatic rings. The molecule has 4 rings (SSSR count). The van der Waals surface area contributed by atoms with Crippen molar-refractivity contribution in [3.63, 3.8) is 0 Å². The molecule has 0 saturated carbocycles. The number of nitrogens with zero attached hydrogens (tertiary/aromatic N) is 2. The van der Waals surface area contributed by atoms with Crippen LogP contribution in [0.3, 0.4) is 0 Å². The number of ether oxygens (including phenoxy) is 1. The van der Waals surface area contributed by atoms with Crippen molar-refractivity contribution in [2.24, 2.45) is 0 Å². The van der Waals surface area contributed by atoms with Crippen LogP contribution in [0.4, 0.5) is 0 Å². The first-order chi connectivity index (χ1) is 14.2. The van der Waals surface area contributed by atoms with Gasteiger partial charge >= 0.3 is 0 Å². The number of hydrogen-bond acceptors (Lipinski definition) is 4. The van der Waals surface area contributed by atoms with Gasteiger partial charge in [-0.05, 0) is 35.2 Å². The van der Waals surface area contributed by atoms with Crippen molar-refractivity contribution in [2.45, 2.75) is 13.1 Å². The van der Waals surface area contributed by atoms with E-state index in [4.69, 9.17) is 9.84 Å². The molecule has 0 unspecified atom stereocenters. The first kappa shape index (κ1) is 19.0. The molecule has 2 aromatic heterocycles. The van der Waals surface area contributed by atoms with Crippen LogP contribution in [0.1, 0.15) is 21.5 Å². The zero-order chi connectivity index (χ0) is 20.1. The molecule has 1 N–H and O–H groups in total. The Kier molecular flexibility index (Phi) is 5.72. The molecule has 0 aliphatic rings. The monoisotopic (exact) mass is 403 g/mol. The van der Waals surface area contributed by atoms with E-state index in [1.807, 2.05) is 58.7 Å². The number of nitrogens with one attached hydrogen (secondary N) is 1. The molecule has 0 bridgehead atoms. The van der Waals surface area contributed by atoms with Gasteiger partial charge in [-0.1, -0.05) is 42.5 Å². The topological polar surface area (TPSA) is 56.1 Å². The predicted octanol–water partition coefficient (Wildman–Crippen LogP) is 4.60. The van der Waals surface area contributed by atoms with E-state index >= 15 is 0 Å². The van der Waals surface area contributed by atoms with Gasteiger partial charge in [0.15, 0.2) is 0 Å². The highest BCUT2D eigenvalue weighted by Crippen LogP contribution is 2.27. The molecule has 146 valence electrons. The van der Waals surface area contributed by atoms with Crippen LogP contribution >= 0.6 is 11.3 Å². The summed E-state index contributed by atoms with van der Waals surface area (Å²) < 4.78 is 7.13. The molecular weight excluding hydrogens is 382 g/mol. The zero-order valence-corrected chi connectivity index (χ0v) is 16.9. The minimum atomic E-state index is -0.142. The molecule has 0 aliphatic heterocycles. The largest absolute Gasteiger partial charge is 0.497 e. The average Bonchev–Trinajstić information content (AvgIpc) is 3.42. The lowest BCUT2D eigenvalue weighted by Crippen LogP contribution is -2.22. The highest BCUT2D eigenvalue weighted by molar-refractivity contribution is 7.13. The maximum absolute atomic E-state index is 12.6. The van der Waals surface area contributed by atoms with E-state index in [2.05, 4.69) is 17.4 Å². The van der Waals surface area contributed by atoms with Gasteiger partial charge in [-0.25, -0.2) is 0 Å². The Hall–Kier alpha value is -3.38. The Balaban J connectivity index is 1.54. The van der Waals surface area contributed by atoms with Gasteiger partial charge in [0.25, 0.3) is 5.91 Å². The fraction of sp³-hybridized carbons (Fsp3) is 0.130. The summed E-state index contributed by atoms with van der Waals surface area (Å²) in [5, 5.41) is 9.82. The molecular formula is C23H21N3O2S. The molecule has 0 atom stereocenters. The molecule has 29 heavy (non-hydrogen) atoms. The van der Waals surface area contributed by atoms with E-state index in [9.17, 15) is 4.79 Å². The third kappa shape index (κ3) is 4.55. The van der Waals surface area contributed by atoms with Crippen LogP contribution in [0.5, 0.6) is 5.75 Å². The highest BCUT2D eigenvalue weighted by atomic mass is 32.1. The van der Waals surface area contributed by atoms with Crippen LogP contribution in [0.25, 0.3) is 10.6 Å². The summed E-state index contributed by atoms with van der Waals surface area (Å²) in [6.07, 6.45) is 2.01. The first-order valence-electron chi connectivity index (χ1n) is 9.29. The van der Waals surface area contributed by atoms with E-state index in [0.717, 1.165) is 16.1 Å². The second kappa shape index (κ2) is 8.75. The number of aromatic nitrogens is 2. The summed E-state index contributed by atoms with van der Waals surface area (Å²) in [5.41, 5.74) is 3.64. The molecule has 2 aromatic carbocycles. The van der Waals surface area contributed by atoms with Gasteiger partial charge in [-0.15, -0.1) is 11.3 Å². The molecule has 0 saturated heterocycles. The fourth-order valence-electron chi connectivity index (χ4n) is 3.11. The van der Waals surface area contributed by atoms with Gasteiger partial charge in [0.2, 0.25) is 0 Å². The number of methoxy groups -OCH3 is 1. The quantitative estimate of drug-likeness (QED) is 0.491. The fourth-order valence-corrected chi connectivity index (χ4v) is 3.85. The third-order valence-corrected chi connectivity index (χ3v) is 5.43. The maximum Gasteiger partial charge on any atom is 0.251 e. The summed E-state index contributed by atoms with van der Waals surface area (Å²) in [6.45, 7) is 1.08. The number of thiophene rings is 1. The molecule has 1 amide bonds. The minimum Gasteiger partial charge on any atom is -0.497 e. The van der Waals surface area contributed by atoms with E-state index in [0.29, 0.717) is 24.4 Å². The van der Waals surface area contributed by atoms with Gasteiger partial charge in [-0.2, -0.15) is 5.10 Å². The van der Waals surface area contributed by atoms with Crippen molar-refractivity contribution in [3.05, 3.63) is 95.0 Å². The Labute approximate surface area is 173 Å². The molecule has 2 heterocycles. The zero-order valence-electron chi connectivity index (χ0n) is 16.0. The summed E-state index contributed by atoms with van der Waals surface area (Å²) in [6, 6.07) is 21.4. The van der Waals surface area contributed by atoms with Crippen LogP contribution in [0.2, 0.25) is 0 Å². The molecule has 6 heteroatoms. The van der Waals surface area contributed by atoms with Crippen molar-refractivity contribution < 1.29 is 9.53 Å². The molecule has 0 aliphatic carbocycles. The second-order valence-corrected chi connectivity index (χ2v) is 7.53. The van der Waals surface area contributed by atoms with E-state index in [1.165, 1.54) is 5.56 Å². The Bertz CT molecular complexity index is 1090. The number of carbonyl (C=O) groups excluding carboxylic acids is 1. The van der Waals surface area contributed by atoms with Gasteiger partial charge < -0.3 is 10.1 Å². The molecule has 0 radical (unpaired) electrons. The average molecular weight is 404 g/mol. The van der Waals surface area contributed by atoms with Gasteiger partial charge in [0.1, 0.15) is 11.4 Å². The molecule has 5 nitrogen and oxygen atoms in total. The van der Waals surface area contributed by atoms with Crippen molar-refractivity contribution in [2.75, 3.05) is 7.11 Å². The van der Waals surface area contributed by atoms with Gasteiger partial charge in [0, 0.05) is 23.9 Å².